The Kier molecular flexibility index (Phi) is 7.47. The van der Waals surface area contributed by atoms with Crippen LogP contribution < -0.4 is 10.6 Å². The molecule has 0 radical (unpaired) electrons. The van der Waals surface area contributed by atoms with Gasteiger partial charge in [-0.15, -0.1) is 0 Å². The molecule has 3 fully saturated rings. The minimum Gasteiger partial charge on any atom is -0.363 e. The zero-order valence-electron chi connectivity index (χ0n) is 16.4. The lowest BCUT2D eigenvalue weighted by atomic mass is 9.26. The average Bonchev–Trinajstić information content (AvgIpc) is 2.58. The summed E-state index contributed by atoms with van der Waals surface area (Å²) in [4.78, 5) is 2.36. The molecule has 2 saturated heterocycles. The van der Waals surface area contributed by atoms with Crippen LogP contribution in [0, 0.1) is 0 Å². The maximum absolute atomic E-state index is 5.58. The molecule has 2 aliphatic heterocycles. The summed E-state index contributed by atoms with van der Waals surface area (Å²) in [6.07, 6.45) is 16.9. The molecule has 142 valence electrons. The lowest BCUT2D eigenvalue weighted by Crippen LogP contribution is -2.53. The topological polar surface area (TPSA) is 27.3 Å². The van der Waals surface area contributed by atoms with E-state index >= 15 is 0 Å². The van der Waals surface area contributed by atoms with Crippen LogP contribution in [-0.2, 0) is 0 Å². The quantitative estimate of drug-likeness (QED) is 0.418. The molecular formula is C20H38BN3S. The smallest absolute Gasteiger partial charge is 0.166 e. The SMILES string of the molecule is CN(C)[C@H]1CCCC[C@@H]1NC(=S)NCCCB1C2CCCC1CCC2. The third-order valence-electron chi connectivity index (χ3n) is 7.22. The highest BCUT2D eigenvalue weighted by Crippen LogP contribution is 2.47. The van der Waals surface area contributed by atoms with Crippen LogP contribution in [0.4, 0.5) is 0 Å². The molecule has 1 aliphatic carbocycles. The summed E-state index contributed by atoms with van der Waals surface area (Å²) in [5, 5.41) is 7.98. The first-order chi connectivity index (χ1) is 12.1. The van der Waals surface area contributed by atoms with E-state index in [1.54, 1.807) is 0 Å². The summed E-state index contributed by atoms with van der Waals surface area (Å²) < 4.78 is 0. The van der Waals surface area contributed by atoms with E-state index in [9.17, 15) is 0 Å². The molecule has 0 aromatic rings. The van der Waals surface area contributed by atoms with Crippen LogP contribution in [0.25, 0.3) is 0 Å². The molecule has 2 heterocycles. The maximum atomic E-state index is 5.58. The minimum absolute atomic E-state index is 0.515. The first-order valence-electron chi connectivity index (χ1n) is 10.9. The number of hydrogen-bond acceptors (Lipinski definition) is 2. The summed E-state index contributed by atoms with van der Waals surface area (Å²) in [6, 6.07) is 1.14. The van der Waals surface area contributed by atoms with Crippen molar-refractivity contribution in [1.29, 1.82) is 0 Å². The van der Waals surface area contributed by atoms with E-state index in [0.29, 0.717) is 12.1 Å². The number of likely N-dealkylation sites (N-methyl/N-ethyl adjacent to an activating group) is 1. The number of thiocarbonyl (C=S) groups is 1. The average molecular weight is 363 g/mol. The van der Waals surface area contributed by atoms with Crippen LogP contribution in [0.5, 0.6) is 0 Å². The van der Waals surface area contributed by atoms with Crippen LogP contribution in [0.15, 0.2) is 0 Å². The molecule has 2 atom stereocenters. The number of hydrogen-bond donors (Lipinski definition) is 2. The Bertz CT molecular complexity index is 409. The number of nitrogens with one attached hydrogen (secondary N) is 2. The Balaban J connectivity index is 1.35. The molecule has 0 aromatic carbocycles. The van der Waals surface area contributed by atoms with Crippen molar-refractivity contribution in [2.45, 2.75) is 101 Å². The van der Waals surface area contributed by atoms with Crippen molar-refractivity contribution in [1.82, 2.24) is 15.5 Å². The normalized spacial score (nSPS) is 32.5. The zero-order chi connectivity index (χ0) is 17.6. The second-order valence-electron chi connectivity index (χ2n) is 9.01. The van der Waals surface area contributed by atoms with Gasteiger partial charge in [-0.2, -0.15) is 0 Å². The van der Waals surface area contributed by atoms with E-state index < -0.39 is 0 Å². The predicted octanol–water partition coefficient (Wildman–Crippen LogP) is 4.32. The van der Waals surface area contributed by atoms with Crippen molar-refractivity contribution in [3.63, 3.8) is 0 Å². The third-order valence-corrected chi connectivity index (χ3v) is 7.48. The largest absolute Gasteiger partial charge is 0.363 e. The van der Waals surface area contributed by atoms with Gasteiger partial charge < -0.3 is 15.5 Å². The van der Waals surface area contributed by atoms with Crippen molar-refractivity contribution in [3.05, 3.63) is 0 Å². The Morgan fingerprint density at radius 3 is 2.24 bits per heavy atom. The van der Waals surface area contributed by atoms with E-state index in [1.165, 1.54) is 76.9 Å². The highest BCUT2D eigenvalue weighted by atomic mass is 32.1. The molecule has 3 aliphatic rings. The fourth-order valence-corrected chi connectivity index (χ4v) is 6.20. The molecular weight excluding hydrogens is 325 g/mol. The van der Waals surface area contributed by atoms with Gasteiger partial charge in [0.15, 0.2) is 5.11 Å². The van der Waals surface area contributed by atoms with Gasteiger partial charge in [0.2, 0.25) is 0 Å². The van der Waals surface area contributed by atoms with Gasteiger partial charge in [-0.05, 0) is 45.6 Å². The second kappa shape index (κ2) is 9.59. The lowest BCUT2D eigenvalue weighted by molar-refractivity contribution is 0.190. The molecule has 0 aromatic heterocycles. The Morgan fingerprint density at radius 2 is 1.60 bits per heavy atom. The summed E-state index contributed by atoms with van der Waals surface area (Å²) in [7, 11) is 4.39. The van der Waals surface area contributed by atoms with Crippen molar-refractivity contribution < 1.29 is 0 Å². The molecule has 3 nitrogen and oxygen atoms in total. The standard InChI is InChI=1S/C20H38BN3S/c1-24(2)19-13-4-3-12-18(19)23-20(25)22-15-7-14-21-16-8-5-9-17(21)11-6-10-16/h16-19H,3-15H2,1-2H3,(H2,22,23,25)/t16?,17?,18-,19-/m0/s1. The van der Waals surface area contributed by atoms with Crippen molar-refractivity contribution in [2.24, 2.45) is 0 Å². The Labute approximate surface area is 161 Å². The number of nitrogens with zero attached hydrogens (tertiary/aromatic N) is 1. The van der Waals surface area contributed by atoms with Crippen molar-refractivity contribution in [3.8, 4) is 0 Å². The number of rotatable bonds is 6. The van der Waals surface area contributed by atoms with Gasteiger partial charge in [-0.25, -0.2) is 0 Å². The lowest BCUT2D eigenvalue weighted by Gasteiger charge is -2.40. The monoisotopic (exact) mass is 363 g/mol. The highest BCUT2D eigenvalue weighted by Gasteiger charge is 2.38. The van der Waals surface area contributed by atoms with Crippen LogP contribution in [0.3, 0.4) is 0 Å². The van der Waals surface area contributed by atoms with Gasteiger partial charge in [0, 0.05) is 18.6 Å². The van der Waals surface area contributed by atoms with Crippen LogP contribution in [-0.4, -0.2) is 49.4 Å². The zero-order valence-corrected chi connectivity index (χ0v) is 17.3. The van der Waals surface area contributed by atoms with Gasteiger partial charge in [-0.1, -0.05) is 69.3 Å². The molecule has 0 amide bonds. The van der Waals surface area contributed by atoms with Gasteiger partial charge >= 0.3 is 0 Å². The second-order valence-corrected chi connectivity index (χ2v) is 9.42. The maximum Gasteiger partial charge on any atom is 0.166 e. The van der Waals surface area contributed by atoms with E-state index in [4.69, 9.17) is 12.2 Å². The van der Waals surface area contributed by atoms with Crippen molar-refractivity contribution in [2.75, 3.05) is 20.6 Å². The first kappa shape index (κ1) is 19.5. The molecule has 25 heavy (non-hydrogen) atoms. The fourth-order valence-electron chi connectivity index (χ4n) is 5.94. The van der Waals surface area contributed by atoms with Gasteiger partial charge in [-0.3, -0.25) is 0 Å². The fraction of sp³-hybridized carbons (Fsp3) is 0.950. The molecule has 0 spiro atoms. The Hall–Kier alpha value is -0.285. The Morgan fingerprint density at radius 1 is 0.960 bits per heavy atom. The van der Waals surface area contributed by atoms with E-state index in [2.05, 4.69) is 29.6 Å². The van der Waals surface area contributed by atoms with E-state index in [-0.39, 0.29) is 0 Å². The van der Waals surface area contributed by atoms with Crippen molar-refractivity contribution >= 4 is 24.0 Å². The minimum atomic E-state index is 0.515. The third kappa shape index (κ3) is 5.35. The van der Waals surface area contributed by atoms with E-state index in [1.807, 2.05) is 0 Å². The first-order valence-corrected chi connectivity index (χ1v) is 11.3. The van der Waals surface area contributed by atoms with Gasteiger partial charge in [0.05, 0.1) is 0 Å². The summed E-state index contributed by atoms with van der Waals surface area (Å²) in [5.74, 6) is 2.08. The van der Waals surface area contributed by atoms with Gasteiger partial charge in [0.25, 0.3) is 0 Å². The molecule has 5 heteroatoms. The van der Waals surface area contributed by atoms with Gasteiger partial charge in [0.1, 0.15) is 6.71 Å². The summed E-state index contributed by atoms with van der Waals surface area (Å²) >= 11 is 5.58. The highest BCUT2D eigenvalue weighted by molar-refractivity contribution is 7.80. The molecule has 2 bridgehead atoms. The van der Waals surface area contributed by atoms with Crippen LogP contribution in [0.1, 0.15) is 70.6 Å². The van der Waals surface area contributed by atoms with Crippen LogP contribution >= 0.6 is 12.2 Å². The molecule has 3 rings (SSSR count). The predicted molar refractivity (Wildman–Crippen MR) is 114 cm³/mol. The van der Waals surface area contributed by atoms with E-state index in [0.717, 1.165) is 30.0 Å². The molecule has 2 N–H and O–H groups in total. The number of fused-ring (bicyclic) bond motifs is 2. The molecule has 1 saturated carbocycles. The molecule has 0 unspecified atom stereocenters. The summed E-state index contributed by atoms with van der Waals surface area (Å²) in [5.41, 5.74) is 0. The van der Waals surface area contributed by atoms with Crippen LogP contribution in [0.2, 0.25) is 18.0 Å². The summed E-state index contributed by atoms with van der Waals surface area (Å²) in [6.45, 7) is 2.06.